The molecule has 4 aromatic rings. The van der Waals surface area contributed by atoms with Crippen molar-refractivity contribution in [3.63, 3.8) is 0 Å². The number of rotatable bonds is 6. The highest BCUT2D eigenvalue weighted by Gasteiger charge is 2.21. The normalized spacial score (nSPS) is 13.8. The van der Waals surface area contributed by atoms with E-state index in [0.29, 0.717) is 35.3 Å². The molecule has 0 saturated heterocycles. The van der Waals surface area contributed by atoms with Gasteiger partial charge in [-0.1, -0.05) is 12.1 Å². The van der Waals surface area contributed by atoms with Crippen LogP contribution in [0.1, 0.15) is 41.2 Å². The van der Waals surface area contributed by atoms with Gasteiger partial charge in [0, 0.05) is 13.1 Å². The summed E-state index contributed by atoms with van der Waals surface area (Å²) in [6.45, 7) is 2.49. The molecule has 32 heavy (non-hydrogen) atoms. The van der Waals surface area contributed by atoms with Gasteiger partial charge in [-0.25, -0.2) is 9.97 Å². The predicted molar refractivity (Wildman–Crippen MR) is 118 cm³/mol. The molecule has 0 bridgehead atoms. The van der Waals surface area contributed by atoms with E-state index in [1.807, 2.05) is 18.2 Å². The second kappa shape index (κ2) is 8.22. The largest absolute Gasteiger partial charge is 0.491 e. The molecule has 10 nitrogen and oxygen atoms in total. The van der Waals surface area contributed by atoms with Crippen molar-refractivity contribution in [2.45, 2.75) is 25.8 Å². The summed E-state index contributed by atoms with van der Waals surface area (Å²) in [5.74, 6) is 2.20. The van der Waals surface area contributed by atoms with Crippen molar-refractivity contribution >= 4 is 28.9 Å². The number of carbonyl (C=O) groups excluding carboxylic acids is 1. The number of oxazole rings is 1. The van der Waals surface area contributed by atoms with Gasteiger partial charge >= 0.3 is 0 Å². The maximum absolute atomic E-state index is 13.0. The summed E-state index contributed by atoms with van der Waals surface area (Å²) in [6, 6.07) is 7.46. The minimum atomic E-state index is -0.398. The highest BCUT2D eigenvalue weighted by Crippen LogP contribution is 2.35. The van der Waals surface area contributed by atoms with E-state index in [1.165, 1.54) is 24.2 Å². The summed E-state index contributed by atoms with van der Waals surface area (Å²) in [4.78, 5) is 21.7. The lowest BCUT2D eigenvalue weighted by molar-refractivity contribution is 0.0935. The highest BCUT2D eigenvalue weighted by molar-refractivity contribution is 6.00. The fourth-order valence-corrected chi connectivity index (χ4v) is 3.78. The van der Waals surface area contributed by atoms with Crippen LogP contribution in [0.2, 0.25) is 0 Å². The molecule has 0 spiro atoms. The van der Waals surface area contributed by atoms with Crippen molar-refractivity contribution in [1.82, 2.24) is 24.9 Å². The van der Waals surface area contributed by atoms with Gasteiger partial charge in [-0.3, -0.25) is 4.79 Å². The number of nitrogens with one attached hydrogen (secondary N) is 3. The lowest BCUT2D eigenvalue weighted by Gasteiger charge is -2.21. The molecule has 1 aliphatic rings. The van der Waals surface area contributed by atoms with Gasteiger partial charge in [0.25, 0.3) is 5.91 Å². The van der Waals surface area contributed by atoms with Gasteiger partial charge in [-0.05, 0) is 31.4 Å². The van der Waals surface area contributed by atoms with Crippen molar-refractivity contribution in [2.75, 3.05) is 24.3 Å². The Kier molecular flexibility index (Phi) is 5.10. The summed E-state index contributed by atoms with van der Waals surface area (Å²) >= 11 is 0. The van der Waals surface area contributed by atoms with Gasteiger partial charge in [0.05, 0.1) is 24.7 Å². The molecule has 10 heteroatoms. The number of para-hydroxylation sites is 1. The third-order valence-corrected chi connectivity index (χ3v) is 5.34. The first-order valence-electron chi connectivity index (χ1n) is 10.4. The van der Waals surface area contributed by atoms with E-state index < -0.39 is 6.04 Å². The monoisotopic (exact) mass is 433 g/mol. The standard InChI is InChI=1S/C22H23N7O3/c1-13(22-24-8-10-32-22)26-21(30)15-12-25-29-18(23-2)11-17(28-20(15)29)27-16-7-3-5-14-6-4-9-31-19(14)16/h3,5,7-8,10-13,23H,4,6,9H2,1-2H3,(H,26,30)(H,27,28)/t13-/m0/s1. The Bertz CT molecular complexity index is 1270. The number of nitrogens with zero attached hydrogens (tertiary/aromatic N) is 4. The van der Waals surface area contributed by atoms with Crippen molar-refractivity contribution < 1.29 is 13.9 Å². The lowest BCUT2D eigenvalue weighted by atomic mass is 10.1. The van der Waals surface area contributed by atoms with Crippen LogP contribution in [0.3, 0.4) is 0 Å². The molecule has 0 unspecified atom stereocenters. The molecule has 0 fully saturated rings. The number of hydrogen-bond acceptors (Lipinski definition) is 8. The molecule has 3 N–H and O–H groups in total. The number of aromatic nitrogens is 4. The van der Waals surface area contributed by atoms with E-state index >= 15 is 0 Å². The van der Waals surface area contributed by atoms with Gasteiger partial charge in [0.1, 0.15) is 35.3 Å². The van der Waals surface area contributed by atoms with Gasteiger partial charge in [-0.15, -0.1) is 0 Å². The highest BCUT2D eigenvalue weighted by atomic mass is 16.5. The van der Waals surface area contributed by atoms with Crippen LogP contribution in [0, 0.1) is 0 Å². The summed E-state index contributed by atoms with van der Waals surface area (Å²) < 4.78 is 12.8. The van der Waals surface area contributed by atoms with E-state index in [1.54, 1.807) is 18.5 Å². The molecule has 5 rings (SSSR count). The minimum absolute atomic E-state index is 0.321. The second-order valence-corrected chi connectivity index (χ2v) is 7.51. The molecule has 1 aliphatic heterocycles. The molecule has 1 aromatic carbocycles. The number of benzene rings is 1. The molecule has 3 aromatic heterocycles. The Labute approximate surface area is 184 Å². The Morgan fingerprint density at radius 1 is 1.31 bits per heavy atom. The molecule has 1 atom stereocenters. The van der Waals surface area contributed by atoms with Crippen LogP contribution in [0.4, 0.5) is 17.3 Å². The summed E-state index contributed by atoms with van der Waals surface area (Å²) in [5, 5.41) is 13.7. The average Bonchev–Trinajstić information content (AvgIpc) is 3.49. The topological polar surface area (TPSA) is 119 Å². The molecule has 0 saturated carbocycles. The molecule has 0 aliphatic carbocycles. The van der Waals surface area contributed by atoms with E-state index in [9.17, 15) is 4.79 Å². The smallest absolute Gasteiger partial charge is 0.257 e. The molecule has 164 valence electrons. The van der Waals surface area contributed by atoms with E-state index in [-0.39, 0.29) is 5.91 Å². The number of aryl methyl sites for hydroxylation is 1. The molecule has 0 radical (unpaired) electrons. The van der Waals surface area contributed by atoms with Crippen LogP contribution in [-0.2, 0) is 6.42 Å². The zero-order chi connectivity index (χ0) is 22.1. The number of carbonyl (C=O) groups is 1. The first kappa shape index (κ1) is 19.9. The maximum atomic E-state index is 13.0. The van der Waals surface area contributed by atoms with Crippen LogP contribution >= 0.6 is 0 Å². The first-order chi connectivity index (χ1) is 15.6. The Hall–Kier alpha value is -4.08. The third-order valence-electron chi connectivity index (χ3n) is 5.34. The summed E-state index contributed by atoms with van der Waals surface area (Å²) in [6.07, 6.45) is 6.49. The average molecular weight is 433 g/mol. The van der Waals surface area contributed by atoms with E-state index in [4.69, 9.17) is 9.15 Å². The number of ether oxygens (including phenoxy) is 1. The first-order valence-corrected chi connectivity index (χ1v) is 10.4. The lowest BCUT2D eigenvalue weighted by Crippen LogP contribution is -2.26. The van der Waals surface area contributed by atoms with Crippen molar-refractivity contribution in [1.29, 1.82) is 0 Å². The van der Waals surface area contributed by atoms with Crippen molar-refractivity contribution in [3.8, 4) is 5.75 Å². The van der Waals surface area contributed by atoms with Crippen molar-refractivity contribution in [3.05, 3.63) is 59.9 Å². The van der Waals surface area contributed by atoms with Crippen LogP contribution in [0.15, 0.2) is 47.3 Å². The zero-order valence-electron chi connectivity index (χ0n) is 17.8. The summed E-state index contributed by atoms with van der Waals surface area (Å²) in [5.41, 5.74) is 2.77. The number of anilines is 3. The van der Waals surface area contributed by atoms with Gasteiger partial charge < -0.3 is 25.1 Å². The number of amides is 1. The molecular formula is C22H23N7O3. The fourth-order valence-electron chi connectivity index (χ4n) is 3.78. The van der Waals surface area contributed by atoms with E-state index in [2.05, 4.69) is 37.1 Å². The molecule has 1 amide bonds. The van der Waals surface area contributed by atoms with E-state index in [0.717, 1.165) is 24.3 Å². The minimum Gasteiger partial charge on any atom is -0.491 e. The second-order valence-electron chi connectivity index (χ2n) is 7.51. The molecule has 4 heterocycles. The SMILES string of the molecule is CNc1cc(Nc2cccc3c2OCCC3)nc2c(C(=O)N[C@@H](C)c3ncco3)cnn12. The number of hydrogen-bond donors (Lipinski definition) is 3. The molecular weight excluding hydrogens is 410 g/mol. The Morgan fingerprint density at radius 3 is 3.03 bits per heavy atom. The van der Waals surface area contributed by atoms with Crippen molar-refractivity contribution in [2.24, 2.45) is 0 Å². The van der Waals surface area contributed by atoms with Crippen LogP contribution in [0.25, 0.3) is 5.65 Å². The van der Waals surface area contributed by atoms with Crippen LogP contribution in [-0.4, -0.2) is 39.1 Å². The Morgan fingerprint density at radius 2 is 2.22 bits per heavy atom. The van der Waals surface area contributed by atoms with Gasteiger partial charge in [-0.2, -0.15) is 9.61 Å². The van der Waals surface area contributed by atoms with Crippen LogP contribution < -0.4 is 20.7 Å². The fraction of sp³-hybridized carbons (Fsp3) is 0.273. The quantitative estimate of drug-likeness (QED) is 0.424. The maximum Gasteiger partial charge on any atom is 0.257 e. The Balaban J connectivity index is 1.48. The van der Waals surface area contributed by atoms with Gasteiger partial charge in [0.2, 0.25) is 5.89 Å². The van der Waals surface area contributed by atoms with Crippen LogP contribution in [0.5, 0.6) is 5.75 Å². The third kappa shape index (κ3) is 3.59. The van der Waals surface area contributed by atoms with Gasteiger partial charge in [0.15, 0.2) is 5.65 Å². The zero-order valence-corrected chi connectivity index (χ0v) is 17.8. The number of fused-ring (bicyclic) bond motifs is 2. The predicted octanol–water partition coefficient (Wildman–Crippen LogP) is 3.32. The summed E-state index contributed by atoms with van der Waals surface area (Å²) in [7, 11) is 1.79.